The predicted octanol–water partition coefficient (Wildman–Crippen LogP) is 3.24. The lowest BCUT2D eigenvalue weighted by atomic mass is 10.3. The van der Waals surface area contributed by atoms with Gasteiger partial charge in [-0.1, -0.05) is 19.6 Å². The van der Waals surface area contributed by atoms with Gasteiger partial charge < -0.3 is 0 Å². The first-order valence-electron chi connectivity index (χ1n) is 3.18. The third-order valence-corrected chi connectivity index (χ3v) is 2.35. The highest BCUT2D eigenvalue weighted by Crippen LogP contribution is 2.19. The van der Waals surface area contributed by atoms with Crippen LogP contribution in [-0.2, 0) is 0 Å². The highest BCUT2D eigenvalue weighted by molar-refractivity contribution is 7.18. The summed E-state index contributed by atoms with van der Waals surface area (Å²) in [6.07, 6.45) is 0. The van der Waals surface area contributed by atoms with Crippen LogP contribution in [0.3, 0.4) is 0 Å². The maximum absolute atomic E-state index is 4.33. The lowest BCUT2D eigenvalue weighted by Gasteiger charge is -1.80. The maximum atomic E-state index is 4.33. The first-order valence-corrected chi connectivity index (χ1v) is 4.00. The second kappa shape index (κ2) is 3.01. The summed E-state index contributed by atoms with van der Waals surface area (Å²) in [5.74, 6) is 0. The molecule has 0 aliphatic rings. The first-order chi connectivity index (χ1) is 4.86. The van der Waals surface area contributed by atoms with E-state index in [0.717, 1.165) is 10.5 Å². The van der Waals surface area contributed by atoms with E-state index in [9.17, 15) is 0 Å². The number of thiazole rings is 1. The highest BCUT2D eigenvalue weighted by Gasteiger charge is 1.95. The van der Waals surface area contributed by atoms with Crippen molar-refractivity contribution in [2.45, 2.75) is 14.4 Å². The van der Waals surface area contributed by atoms with E-state index in [4.69, 9.17) is 0 Å². The SMILES string of the molecule is C.Cc1nc2ccccc2s1. The number of aryl methyl sites for hydroxylation is 1. The number of fused-ring (bicyclic) bond motifs is 1. The minimum Gasteiger partial charge on any atom is -0.242 e. The van der Waals surface area contributed by atoms with Crippen LogP contribution in [-0.4, -0.2) is 4.98 Å². The van der Waals surface area contributed by atoms with Crippen molar-refractivity contribution >= 4 is 21.6 Å². The van der Waals surface area contributed by atoms with Crippen molar-refractivity contribution in [1.29, 1.82) is 0 Å². The number of rotatable bonds is 0. The lowest BCUT2D eigenvalue weighted by Crippen LogP contribution is -1.65. The minimum absolute atomic E-state index is 0. The highest BCUT2D eigenvalue weighted by atomic mass is 32.1. The standard InChI is InChI=1S/C8H7NS.CH4/c1-6-9-7-4-2-3-5-8(7)10-6;/h2-5H,1H3;1H4. The Morgan fingerprint density at radius 1 is 1.27 bits per heavy atom. The Morgan fingerprint density at radius 2 is 2.00 bits per heavy atom. The van der Waals surface area contributed by atoms with Crippen LogP contribution in [0.2, 0.25) is 0 Å². The molecule has 0 saturated carbocycles. The van der Waals surface area contributed by atoms with Gasteiger partial charge in [0.1, 0.15) is 0 Å². The van der Waals surface area contributed by atoms with E-state index < -0.39 is 0 Å². The fourth-order valence-corrected chi connectivity index (χ4v) is 1.81. The molecule has 1 heterocycles. The lowest BCUT2D eigenvalue weighted by molar-refractivity contribution is 1.35. The largest absolute Gasteiger partial charge is 0.242 e. The van der Waals surface area contributed by atoms with Crippen molar-refractivity contribution < 1.29 is 0 Å². The van der Waals surface area contributed by atoms with Crippen LogP contribution in [0.15, 0.2) is 24.3 Å². The number of para-hydroxylation sites is 1. The molecule has 1 aromatic carbocycles. The molecule has 0 bridgehead atoms. The van der Waals surface area contributed by atoms with Gasteiger partial charge in [0.2, 0.25) is 0 Å². The van der Waals surface area contributed by atoms with Crippen molar-refractivity contribution in [2.24, 2.45) is 0 Å². The molecule has 0 saturated heterocycles. The third kappa shape index (κ3) is 1.40. The zero-order chi connectivity index (χ0) is 6.97. The van der Waals surface area contributed by atoms with Gasteiger partial charge in [-0.25, -0.2) is 4.98 Å². The minimum atomic E-state index is 0. The van der Waals surface area contributed by atoms with E-state index in [1.54, 1.807) is 11.3 Å². The molecule has 2 rings (SSSR count). The van der Waals surface area contributed by atoms with Gasteiger partial charge in [-0.05, 0) is 19.1 Å². The Morgan fingerprint density at radius 3 is 2.73 bits per heavy atom. The molecule has 0 radical (unpaired) electrons. The Kier molecular flexibility index (Phi) is 2.25. The molecule has 0 amide bonds. The van der Waals surface area contributed by atoms with Gasteiger partial charge in [-0.2, -0.15) is 0 Å². The first kappa shape index (κ1) is 8.21. The zero-order valence-corrected chi connectivity index (χ0v) is 6.48. The molecule has 0 spiro atoms. The molecule has 2 heteroatoms. The van der Waals surface area contributed by atoms with Crippen LogP contribution in [0.5, 0.6) is 0 Å². The van der Waals surface area contributed by atoms with Crippen molar-refractivity contribution in [1.82, 2.24) is 4.98 Å². The summed E-state index contributed by atoms with van der Waals surface area (Å²) in [5.41, 5.74) is 1.12. The molecular formula is C9H11NS. The van der Waals surface area contributed by atoms with Gasteiger partial charge in [0.25, 0.3) is 0 Å². The third-order valence-electron chi connectivity index (χ3n) is 1.40. The smallest absolute Gasteiger partial charge is 0.0907 e. The summed E-state index contributed by atoms with van der Waals surface area (Å²) < 4.78 is 1.28. The fraction of sp³-hybridized carbons (Fsp3) is 0.222. The molecule has 0 unspecified atom stereocenters. The van der Waals surface area contributed by atoms with Gasteiger partial charge >= 0.3 is 0 Å². The van der Waals surface area contributed by atoms with Crippen LogP contribution in [0.4, 0.5) is 0 Å². The fourth-order valence-electron chi connectivity index (χ4n) is 0.987. The van der Waals surface area contributed by atoms with E-state index >= 15 is 0 Å². The average molecular weight is 165 g/mol. The predicted molar refractivity (Wildman–Crippen MR) is 51.1 cm³/mol. The van der Waals surface area contributed by atoms with Gasteiger partial charge in [-0.15, -0.1) is 11.3 Å². The van der Waals surface area contributed by atoms with E-state index in [1.807, 2.05) is 25.1 Å². The second-order valence-corrected chi connectivity index (χ2v) is 3.44. The van der Waals surface area contributed by atoms with Crippen molar-refractivity contribution in [3.8, 4) is 0 Å². The van der Waals surface area contributed by atoms with Crippen molar-refractivity contribution in [3.05, 3.63) is 29.3 Å². The summed E-state index contributed by atoms with van der Waals surface area (Å²) in [4.78, 5) is 4.33. The Bertz CT molecular complexity index is 318. The Balaban J connectivity index is 0.000000605. The molecule has 0 aliphatic carbocycles. The van der Waals surface area contributed by atoms with E-state index in [1.165, 1.54) is 4.70 Å². The molecule has 0 aliphatic heterocycles. The Hall–Kier alpha value is -0.890. The summed E-state index contributed by atoms with van der Waals surface area (Å²) in [5, 5.41) is 1.14. The zero-order valence-electron chi connectivity index (χ0n) is 5.66. The molecule has 2 aromatic rings. The number of benzene rings is 1. The Labute approximate surface area is 70.7 Å². The molecule has 1 nitrogen and oxygen atoms in total. The van der Waals surface area contributed by atoms with Crippen LogP contribution >= 0.6 is 11.3 Å². The normalized spacial score (nSPS) is 9.55. The van der Waals surface area contributed by atoms with Gasteiger partial charge in [-0.3, -0.25) is 0 Å². The molecular weight excluding hydrogens is 154 g/mol. The molecule has 1 aromatic heterocycles. The molecule has 0 N–H and O–H groups in total. The maximum Gasteiger partial charge on any atom is 0.0907 e. The second-order valence-electron chi connectivity index (χ2n) is 2.20. The summed E-state index contributed by atoms with van der Waals surface area (Å²) in [7, 11) is 0. The molecule has 11 heavy (non-hydrogen) atoms. The number of hydrogen-bond acceptors (Lipinski definition) is 2. The van der Waals surface area contributed by atoms with Crippen molar-refractivity contribution in [2.75, 3.05) is 0 Å². The van der Waals surface area contributed by atoms with Crippen LogP contribution in [0.1, 0.15) is 12.4 Å². The van der Waals surface area contributed by atoms with Crippen LogP contribution in [0.25, 0.3) is 10.2 Å². The molecule has 58 valence electrons. The van der Waals surface area contributed by atoms with Gasteiger partial charge in [0, 0.05) is 0 Å². The van der Waals surface area contributed by atoms with Gasteiger partial charge in [0.15, 0.2) is 0 Å². The van der Waals surface area contributed by atoms with Crippen LogP contribution in [0, 0.1) is 6.92 Å². The van der Waals surface area contributed by atoms with E-state index in [-0.39, 0.29) is 7.43 Å². The van der Waals surface area contributed by atoms with E-state index in [0.29, 0.717) is 0 Å². The summed E-state index contributed by atoms with van der Waals surface area (Å²) >= 11 is 1.74. The number of hydrogen-bond donors (Lipinski definition) is 0. The number of aromatic nitrogens is 1. The topological polar surface area (TPSA) is 12.9 Å². The monoisotopic (exact) mass is 165 g/mol. The summed E-state index contributed by atoms with van der Waals surface area (Å²) in [6, 6.07) is 8.19. The van der Waals surface area contributed by atoms with Gasteiger partial charge in [0.05, 0.1) is 15.2 Å². The molecule has 0 fully saturated rings. The van der Waals surface area contributed by atoms with Crippen molar-refractivity contribution in [3.63, 3.8) is 0 Å². The molecule has 0 atom stereocenters. The quantitative estimate of drug-likeness (QED) is 0.584. The average Bonchev–Trinajstić information content (AvgIpc) is 2.27. The number of nitrogens with zero attached hydrogens (tertiary/aromatic N) is 1. The van der Waals surface area contributed by atoms with Crippen LogP contribution < -0.4 is 0 Å². The summed E-state index contributed by atoms with van der Waals surface area (Å²) in [6.45, 7) is 2.03. The van der Waals surface area contributed by atoms with E-state index in [2.05, 4.69) is 11.1 Å².